The van der Waals surface area contributed by atoms with E-state index in [1.165, 1.54) is 18.4 Å². The maximum atomic E-state index is 12.9. The largest absolute Gasteiger partial charge is 0.428 e. The van der Waals surface area contributed by atoms with Gasteiger partial charge in [0.2, 0.25) is 0 Å². The molecule has 2 atom stereocenters. The topological polar surface area (TPSA) is 58.4 Å². The lowest BCUT2D eigenvalue weighted by Gasteiger charge is -2.61. The number of likely N-dealkylation sites (tertiary alicyclic amines) is 1. The van der Waals surface area contributed by atoms with Gasteiger partial charge in [-0.3, -0.25) is 5.32 Å². The molecular weight excluding hydrogens is 302 g/mol. The Bertz CT molecular complexity index is 736. The van der Waals surface area contributed by atoms with Crippen LogP contribution in [0.15, 0.2) is 34.7 Å². The summed E-state index contributed by atoms with van der Waals surface area (Å²) in [4.78, 5) is 19.1. The number of fused-ring (bicyclic) bond motifs is 1. The molecule has 2 heterocycles. The fourth-order valence-corrected chi connectivity index (χ4v) is 4.31. The monoisotopic (exact) mass is 325 g/mol. The van der Waals surface area contributed by atoms with Gasteiger partial charge in [-0.05, 0) is 32.3 Å². The predicted molar refractivity (Wildman–Crippen MR) is 91.8 cm³/mol. The summed E-state index contributed by atoms with van der Waals surface area (Å²) >= 11 is 0. The van der Waals surface area contributed by atoms with Gasteiger partial charge in [-0.25, -0.2) is 4.79 Å². The minimum absolute atomic E-state index is 0.113. The lowest BCUT2D eigenvalue weighted by molar-refractivity contribution is -0.0757. The average molecular weight is 325 g/mol. The summed E-state index contributed by atoms with van der Waals surface area (Å²) < 4.78 is 5.51. The highest BCUT2D eigenvalue weighted by Crippen LogP contribution is 2.53. The van der Waals surface area contributed by atoms with Crippen molar-refractivity contribution in [2.45, 2.75) is 45.1 Å². The minimum atomic E-state index is -0.166. The number of aryl methyl sites for hydroxylation is 2. The van der Waals surface area contributed by atoms with Crippen LogP contribution in [-0.2, 0) is 5.54 Å². The molecule has 1 aromatic heterocycles. The number of benzene rings is 1. The van der Waals surface area contributed by atoms with Crippen LogP contribution in [0.3, 0.4) is 0 Å². The molecule has 1 saturated carbocycles. The third-order valence-corrected chi connectivity index (χ3v) is 5.68. The molecule has 4 rings (SSSR count). The molecule has 5 nitrogen and oxygen atoms in total. The van der Waals surface area contributed by atoms with Crippen molar-refractivity contribution in [3.05, 3.63) is 47.3 Å². The van der Waals surface area contributed by atoms with Gasteiger partial charge in [0.05, 0.1) is 11.2 Å². The third-order valence-electron chi connectivity index (χ3n) is 5.68. The summed E-state index contributed by atoms with van der Waals surface area (Å²) in [7, 11) is 0. The van der Waals surface area contributed by atoms with Crippen LogP contribution in [-0.4, -0.2) is 22.5 Å². The number of hydrogen-bond acceptors (Lipinski definition) is 3. The Kier molecular flexibility index (Phi) is 3.59. The van der Waals surface area contributed by atoms with Gasteiger partial charge in [0.15, 0.2) is 0 Å². The first kappa shape index (κ1) is 15.2. The van der Waals surface area contributed by atoms with Crippen LogP contribution in [0.2, 0.25) is 0 Å². The molecule has 1 saturated heterocycles. The standard InChI is InChI=1S/C19H23N3O2/c1-13-14(2)24-17(20-13)21-18(23)22-12-16-10-6-7-11-19(16,22)15-8-4-3-5-9-15/h3-5,8-9,16H,6-7,10-12H2,1-2H3,(H,20,21,23)/t16-,19+/m0/s1. The summed E-state index contributed by atoms with van der Waals surface area (Å²) in [6.07, 6.45) is 4.63. The first-order valence-electron chi connectivity index (χ1n) is 8.69. The van der Waals surface area contributed by atoms with Crippen LogP contribution >= 0.6 is 0 Å². The van der Waals surface area contributed by atoms with E-state index in [9.17, 15) is 4.79 Å². The van der Waals surface area contributed by atoms with Crippen LogP contribution in [0.25, 0.3) is 0 Å². The van der Waals surface area contributed by atoms with Crippen LogP contribution in [0, 0.1) is 19.8 Å². The molecule has 0 radical (unpaired) electrons. The molecule has 0 spiro atoms. The first-order chi connectivity index (χ1) is 11.6. The second-order valence-electron chi connectivity index (χ2n) is 6.93. The molecule has 1 aliphatic heterocycles. The Labute approximate surface area is 142 Å². The molecule has 126 valence electrons. The Hall–Kier alpha value is -2.30. The summed E-state index contributed by atoms with van der Waals surface area (Å²) in [6.45, 7) is 4.53. The zero-order chi connectivity index (χ0) is 16.7. The average Bonchev–Trinajstić information content (AvgIpc) is 2.87. The van der Waals surface area contributed by atoms with Crippen LogP contribution in [0.1, 0.15) is 42.7 Å². The molecule has 2 aromatic rings. The smallest absolute Gasteiger partial charge is 0.326 e. The molecule has 0 unspecified atom stereocenters. The molecule has 2 aliphatic rings. The van der Waals surface area contributed by atoms with Crippen LogP contribution in [0.5, 0.6) is 0 Å². The maximum Gasteiger partial charge on any atom is 0.326 e. The summed E-state index contributed by atoms with van der Waals surface area (Å²) in [5, 5.41) is 2.84. The van der Waals surface area contributed by atoms with Gasteiger partial charge in [-0.2, -0.15) is 4.98 Å². The summed E-state index contributed by atoms with van der Waals surface area (Å²) in [6, 6.07) is 10.6. The molecule has 2 amide bonds. The highest BCUT2D eigenvalue weighted by molar-refractivity contribution is 5.88. The predicted octanol–water partition coefficient (Wildman–Crippen LogP) is 4.22. The fraction of sp³-hybridized carbons (Fsp3) is 0.474. The van der Waals surface area contributed by atoms with Gasteiger partial charge < -0.3 is 9.32 Å². The maximum absolute atomic E-state index is 12.9. The minimum Gasteiger partial charge on any atom is -0.428 e. The van der Waals surface area contributed by atoms with E-state index in [-0.39, 0.29) is 17.6 Å². The number of carbonyl (C=O) groups is 1. The van der Waals surface area contributed by atoms with Crippen molar-refractivity contribution in [2.75, 3.05) is 11.9 Å². The number of carbonyl (C=O) groups excluding carboxylic acids is 1. The van der Waals surface area contributed by atoms with Gasteiger partial charge in [-0.15, -0.1) is 0 Å². The first-order valence-corrected chi connectivity index (χ1v) is 8.69. The molecule has 1 aliphatic carbocycles. The lowest BCUT2D eigenvalue weighted by atomic mass is 9.62. The zero-order valence-corrected chi connectivity index (χ0v) is 14.2. The zero-order valence-electron chi connectivity index (χ0n) is 14.2. The Morgan fingerprint density at radius 2 is 2.08 bits per heavy atom. The third kappa shape index (κ3) is 2.22. The number of nitrogens with one attached hydrogen (secondary N) is 1. The number of oxazole rings is 1. The quantitative estimate of drug-likeness (QED) is 0.899. The number of nitrogens with zero attached hydrogens (tertiary/aromatic N) is 2. The molecule has 2 fully saturated rings. The Morgan fingerprint density at radius 1 is 1.29 bits per heavy atom. The van der Waals surface area contributed by atoms with Crippen molar-refractivity contribution in [3.63, 3.8) is 0 Å². The van der Waals surface area contributed by atoms with Crippen molar-refractivity contribution in [1.29, 1.82) is 0 Å². The number of aromatic nitrogens is 1. The Morgan fingerprint density at radius 3 is 2.75 bits per heavy atom. The second-order valence-corrected chi connectivity index (χ2v) is 6.93. The van der Waals surface area contributed by atoms with Crippen molar-refractivity contribution < 1.29 is 9.21 Å². The lowest BCUT2D eigenvalue weighted by Crippen LogP contribution is -2.68. The molecular formula is C19H23N3O2. The van der Waals surface area contributed by atoms with Gasteiger partial charge >= 0.3 is 12.0 Å². The number of amides is 2. The molecule has 0 bridgehead atoms. The van der Waals surface area contributed by atoms with E-state index in [1.54, 1.807) is 0 Å². The van der Waals surface area contributed by atoms with Crippen molar-refractivity contribution in [3.8, 4) is 0 Å². The van der Waals surface area contributed by atoms with E-state index in [4.69, 9.17) is 4.42 Å². The van der Waals surface area contributed by atoms with Gasteiger partial charge in [0.25, 0.3) is 0 Å². The van der Waals surface area contributed by atoms with Gasteiger partial charge in [0.1, 0.15) is 5.76 Å². The van der Waals surface area contributed by atoms with E-state index in [1.807, 2.05) is 24.8 Å². The highest BCUT2D eigenvalue weighted by Gasteiger charge is 2.57. The fourth-order valence-electron chi connectivity index (χ4n) is 4.31. The summed E-state index contributed by atoms with van der Waals surface area (Å²) in [5.74, 6) is 1.29. The molecule has 1 aromatic carbocycles. The second kappa shape index (κ2) is 5.65. The number of hydrogen-bond donors (Lipinski definition) is 1. The van der Waals surface area contributed by atoms with Crippen LogP contribution in [0.4, 0.5) is 10.8 Å². The SMILES string of the molecule is Cc1nc(NC(=O)N2C[C@@H]3CCCC[C@@]32c2ccccc2)oc1C. The van der Waals surface area contributed by atoms with E-state index in [2.05, 4.69) is 34.6 Å². The van der Waals surface area contributed by atoms with Gasteiger partial charge in [-0.1, -0.05) is 43.2 Å². The number of urea groups is 1. The van der Waals surface area contributed by atoms with Crippen LogP contribution < -0.4 is 5.32 Å². The van der Waals surface area contributed by atoms with E-state index in [0.717, 1.165) is 30.8 Å². The molecule has 1 N–H and O–H groups in total. The van der Waals surface area contributed by atoms with E-state index >= 15 is 0 Å². The van der Waals surface area contributed by atoms with Crippen molar-refractivity contribution in [1.82, 2.24) is 9.88 Å². The van der Waals surface area contributed by atoms with Gasteiger partial charge in [0, 0.05) is 12.5 Å². The number of rotatable bonds is 2. The highest BCUT2D eigenvalue weighted by atomic mass is 16.4. The molecule has 5 heteroatoms. The van der Waals surface area contributed by atoms with E-state index in [0.29, 0.717) is 5.92 Å². The normalized spacial score (nSPS) is 25.8. The number of anilines is 1. The van der Waals surface area contributed by atoms with Crippen molar-refractivity contribution in [2.24, 2.45) is 5.92 Å². The molecule has 24 heavy (non-hydrogen) atoms. The summed E-state index contributed by atoms with van der Waals surface area (Å²) in [5.41, 5.74) is 1.89. The van der Waals surface area contributed by atoms with E-state index < -0.39 is 0 Å². The van der Waals surface area contributed by atoms with Crippen molar-refractivity contribution >= 4 is 12.0 Å². The Balaban J connectivity index is 1.61.